The maximum Gasteiger partial charge on any atom is 0.244 e. The van der Waals surface area contributed by atoms with E-state index in [1.807, 2.05) is 54.0 Å². The molecule has 2 N–H and O–H groups in total. The molecule has 1 aliphatic carbocycles. The molecule has 0 unspecified atom stereocenters. The predicted molar refractivity (Wildman–Crippen MR) is 81.1 cm³/mol. The molecule has 1 saturated carbocycles. The fourth-order valence-electron chi connectivity index (χ4n) is 2.81. The minimum absolute atomic E-state index is 0.0251. The minimum Gasteiger partial charge on any atom is -0.340 e. The van der Waals surface area contributed by atoms with Gasteiger partial charge >= 0.3 is 0 Å². The molecule has 0 heterocycles. The van der Waals surface area contributed by atoms with Gasteiger partial charge in [0.2, 0.25) is 5.91 Å². The molecule has 0 bridgehead atoms. The van der Waals surface area contributed by atoms with Crippen LogP contribution in [0.3, 0.4) is 0 Å². The van der Waals surface area contributed by atoms with Crippen molar-refractivity contribution in [1.82, 2.24) is 4.90 Å². The molecule has 0 spiro atoms. The van der Waals surface area contributed by atoms with Crippen LogP contribution in [0, 0.1) is 0 Å². The predicted octanol–water partition coefficient (Wildman–Crippen LogP) is 2.43. The molecule has 1 aromatic rings. The van der Waals surface area contributed by atoms with Gasteiger partial charge in [-0.25, -0.2) is 0 Å². The summed E-state index contributed by atoms with van der Waals surface area (Å²) in [5.41, 5.74) is 6.98. The number of hydrogen-bond donors (Lipinski definition) is 1. The van der Waals surface area contributed by atoms with E-state index in [2.05, 4.69) is 6.26 Å². The van der Waals surface area contributed by atoms with Crippen LogP contribution in [0.25, 0.3) is 0 Å². The van der Waals surface area contributed by atoms with Crippen molar-refractivity contribution in [3.8, 4) is 0 Å². The van der Waals surface area contributed by atoms with Gasteiger partial charge in [-0.1, -0.05) is 36.8 Å². The molecule has 0 aromatic heterocycles. The van der Waals surface area contributed by atoms with Crippen molar-refractivity contribution in [3.05, 3.63) is 35.9 Å². The number of thioether (sulfide) groups is 1. The van der Waals surface area contributed by atoms with E-state index in [4.69, 9.17) is 5.73 Å². The summed E-state index contributed by atoms with van der Waals surface area (Å²) in [6, 6.07) is 9.39. The second-order valence-electron chi connectivity index (χ2n) is 5.11. The van der Waals surface area contributed by atoms with Crippen molar-refractivity contribution in [1.29, 1.82) is 0 Å². The molecule has 1 fully saturated rings. The summed E-state index contributed by atoms with van der Waals surface area (Å²) < 4.78 is 0. The van der Waals surface area contributed by atoms with Crippen LogP contribution in [0.15, 0.2) is 30.3 Å². The lowest BCUT2D eigenvalue weighted by atomic mass is 10.1. The third kappa shape index (κ3) is 3.12. The second kappa shape index (κ2) is 6.44. The number of nitrogens with two attached hydrogens (primary N) is 1. The molecule has 3 atom stereocenters. The molecule has 19 heavy (non-hydrogen) atoms. The number of amides is 1. The van der Waals surface area contributed by atoms with Crippen LogP contribution in [-0.2, 0) is 4.79 Å². The fourth-order valence-corrected chi connectivity index (χ4v) is 3.85. The molecule has 1 amide bonds. The number of likely N-dealkylation sites (N-methyl/N-ethyl adjacent to an activating group) is 1. The Morgan fingerprint density at radius 2 is 2.05 bits per heavy atom. The highest BCUT2D eigenvalue weighted by Crippen LogP contribution is 2.32. The standard InChI is InChI=1S/C15H22N2OS/c1-17(12-9-6-10-13(12)19-2)15(18)14(16)11-7-4-3-5-8-11/h3-5,7-8,12-14H,6,9-10,16H2,1-2H3/t12-,13-,14+/m1/s1. The number of hydrogen-bond acceptors (Lipinski definition) is 3. The van der Waals surface area contributed by atoms with E-state index in [1.54, 1.807) is 0 Å². The highest BCUT2D eigenvalue weighted by atomic mass is 32.2. The maximum absolute atomic E-state index is 12.5. The molecule has 1 aliphatic rings. The number of carbonyl (C=O) groups is 1. The van der Waals surface area contributed by atoms with Crippen LogP contribution in [0.5, 0.6) is 0 Å². The van der Waals surface area contributed by atoms with Gasteiger partial charge in [0.1, 0.15) is 6.04 Å². The molecular weight excluding hydrogens is 256 g/mol. The normalized spacial score (nSPS) is 24.2. The molecule has 0 saturated heterocycles. The first kappa shape index (κ1) is 14.4. The van der Waals surface area contributed by atoms with Crippen molar-refractivity contribution in [2.75, 3.05) is 13.3 Å². The van der Waals surface area contributed by atoms with Crippen LogP contribution < -0.4 is 5.73 Å². The average Bonchev–Trinajstić information content (AvgIpc) is 2.94. The first-order chi connectivity index (χ1) is 9.15. The Kier molecular flexibility index (Phi) is 4.88. The first-order valence-corrected chi connectivity index (χ1v) is 8.04. The van der Waals surface area contributed by atoms with Crippen LogP contribution in [0.4, 0.5) is 0 Å². The van der Waals surface area contributed by atoms with Crippen molar-refractivity contribution in [2.24, 2.45) is 5.73 Å². The van der Waals surface area contributed by atoms with Crippen molar-refractivity contribution in [2.45, 2.75) is 36.6 Å². The van der Waals surface area contributed by atoms with E-state index < -0.39 is 6.04 Å². The Bertz CT molecular complexity index is 423. The number of benzene rings is 1. The summed E-state index contributed by atoms with van der Waals surface area (Å²) >= 11 is 1.86. The molecule has 4 heteroatoms. The van der Waals surface area contributed by atoms with E-state index >= 15 is 0 Å². The summed E-state index contributed by atoms with van der Waals surface area (Å²) in [6.07, 6.45) is 5.62. The Morgan fingerprint density at radius 1 is 1.37 bits per heavy atom. The molecule has 0 radical (unpaired) electrons. The van der Waals surface area contributed by atoms with Gasteiger partial charge in [-0.3, -0.25) is 4.79 Å². The Balaban J connectivity index is 2.07. The zero-order valence-corrected chi connectivity index (χ0v) is 12.4. The summed E-state index contributed by atoms with van der Waals surface area (Å²) in [6.45, 7) is 0. The highest BCUT2D eigenvalue weighted by molar-refractivity contribution is 7.99. The third-order valence-electron chi connectivity index (χ3n) is 3.99. The molecule has 104 valence electrons. The van der Waals surface area contributed by atoms with Crippen LogP contribution >= 0.6 is 11.8 Å². The van der Waals surface area contributed by atoms with Crippen molar-refractivity contribution >= 4 is 17.7 Å². The van der Waals surface area contributed by atoms with Gasteiger partial charge in [0.25, 0.3) is 0 Å². The Labute approximate surface area is 119 Å². The van der Waals surface area contributed by atoms with Crippen LogP contribution in [0.2, 0.25) is 0 Å². The quantitative estimate of drug-likeness (QED) is 0.920. The molecule has 3 nitrogen and oxygen atoms in total. The lowest BCUT2D eigenvalue weighted by Gasteiger charge is -2.31. The third-order valence-corrected chi connectivity index (χ3v) is 5.15. The van der Waals surface area contributed by atoms with Gasteiger partial charge in [0.15, 0.2) is 0 Å². The summed E-state index contributed by atoms with van der Waals surface area (Å²) in [5.74, 6) is 0.0251. The lowest BCUT2D eigenvalue weighted by molar-refractivity contribution is -0.133. The van der Waals surface area contributed by atoms with Gasteiger partial charge < -0.3 is 10.6 Å². The molecule has 2 rings (SSSR count). The SMILES string of the molecule is CS[C@@H]1CCC[C@H]1N(C)C(=O)[C@@H](N)c1ccccc1. The lowest BCUT2D eigenvalue weighted by Crippen LogP contribution is -2.44. The van der Waals surface area contributed by atoms with Crippen molar-refractivity contribution in [3.63, 3.8) is 0 Å². The van der Waals surface area contributed by atoms with E-state index in [0.29, 0.717) is 11.3 Å². The van der Waals surface area contributed by atoms with Gasteiger partial charge in [0, 0.05) is 18.3 Å². The summed E-state index contributed by atoms with van der Waals surface area (Å²) in [5, 5.41) is 0.553. The van der Waals surface area contributed by atoms with E-state index in [9.17, 15) is 4.79 Å². The topological polar surface area (TPSA) is 46.3 Å². The van der Waals surface area contributed by atoms with E-state index in [0.717, 1.165) is 12.0 Å². The molecule has 0 aliphatic heterocycles. The Hall–Kier alpha value is -1.00. The smallest absolute Gasteiger partial charge is 0.244 e. The minimum atomic E-state index is -0.547. The zero-order chi connectivity index (χ0) is 13.8. The molecular formula is C15H22N2OS. The van der Waals surface area contributed by atoms with Gasteiger partial charge in [-0.15, -0.1) is 0 Å². The fraction of sp³-hybridized carbons (Fsp3) is 0.533. The first-order valence-electron chi connectivity index (χ1n) is 6.75. The number of carbonyl (C=O) groups excluding carboxylic acids is 1. The van der Waals surface area contributed by atoms with Gasteiger partial charge in [-0.05, 0) is 24.7 Å². The zero-order valence-electron chi connectivity index (χ0n) is 11.6. The number of nitrogens with zero attached hydrogens (tertiary/aromatic N) is 1. The maximum atomic E-state index is 12.5. The summed E-state index contributed by atoms with van der Waals surface area (Å²) in [4.78, 5) is 14.4. The monoisotopic (exact) mass is 278 g/mol. The largest absolute Gasteiger partial charge is 0.340 e. The van der Waals surface area contributed by atoms with Crippen LogP contribution in [-0.4, -0.2) is 35.4 Å². The van der Waals surface area contributed by atoms with Gasteiger partial charge in [0.05, 0.1) is 0 Å². The second-order valence-corrected chi connectivity index (χ2v) is 6.19. The average molecular weight is 278 g/mol. The summed E-state index contributed by atoms with van der Waals surface area (Å²) in [7, 11) is 1.89. The number of rotatable bonds is 4. The van der Waals surface area contributed by atoms with Gasteiger partial charge in [-0.2, -0.15) is 11.8 Å². The van der Waals surface area contributed by atoms with E-state index in [1.165, 1.54) is 12.8 Å². The molecule has 1 aromatic carbocycles. The van der Waals surface area contributed by atoms with Crippen molar-refractivity contribution < 1.29 is 4.79 Å². The Morgan fingerprint density at radius 3 is 2.68 bits per heavy atom. The van der Waals surface area contributed by atoms with E-state index in [-0.39, 0.29) is 5.91 Å². The van der Waals surface area contributed by atoms with Crippen LogP contribution in [0.1, 0.15) is 30.9 Å². The highest BCUT2D eigenvalue weighted by Gasteiger charge is 2.34.